The molecule has 0 spiro atoms. The number of aromatic nitrogens is 2. The van der Waals surface area contributed by atoms with Crippen molar-refractivity contribution in [3.8, 4) is 11.5 Å². The fourth-order valence-corrected chi connectivity index (χ4v) is 5.02. The van der Waals surface area contributed by atoms with E-state index in [2.05, 4.69) is 63.2 Å². The molecule has 0 saturated carbocycles. The number of amides is 1. The summed E-state index contributed by atoms with van der Waals surface area (Å²) in [7, 11) is 0. The van der Waals surface area contributed by atoms with Crippen LogP contribution in [-0.2, 0) is 4.79 Å². The van der Waals surface area contributed by atoms with Crippen LogP contribution in [-0.4, -0.2) is 35.0 Å². The fourth-order valence-electron chi connectivity index (χ4n) is 3.72. The Hall–Kier alpha value is -3.02. The number of halogens is 3. The van der Waals surface area contributed by atoms with Gasteiger partial charge < -0.3 is 14.8 Å². The summed E-state index contributed by atoms with van der Waals surface area (Å²) in [5, 5.41) is 7.77. The van der Waals surface area contributed by atoms with Crippen LogP contribution in [0.25, 0.3) is 10.9 Å². The molecule has 3 aromatic carbocycles. The molecule has 8 nitrogen and oxygen atoms in total. The minimum absolute atomic E-state index is 0.0464. The van der Waals surface area contributed by atoms with E-state index >= 15 is 0 Å². The van der Waals surface area contributed by atoms with Gasteiger partial charge in [0.15, 0.2) is 18.1 Å². The molecule has 0 aliphatic carbocycles. The summed E-state index contributed by atoms with van der Waals surface area (Å²) < 4.78 is 14.9. The Morgan fingerprint density at radius 2 is 1.82 bits per heavy atom. The lowest BCUT2D eigenvalue weighted by atomic mass is 10.2. The second kappa shape index (κ2) is 12.9. The van der Waals surface area contributed by atoms with Gasteiger partial charge in [-0.2, -0.15) is 9.78 Å². The number of hydrogen-bond donors (Lipinski definition) is 1. The van der Waals surface area contributed by atoms with Crippen molar-refractivity contribution in [1.82, 2.24) is 9.66 Å². The third-order valence-electron chi connectivity index (χ3n) is 5.52. The lowest BCUT2D eigenvalue weighted by molar-refractivity contribution is -0.118. The van der Waals surface area contributed by atoms with Gasteiger partial charge in [-0.25, -0.2) is 4.98 Å². The average Bonchev–Trinajstić information content (AvgIpc) is 2.91. The highest BCUT2D eigenvalue weighted by Crippen LogP contribution is 2.42. The molecular weight excluding hydrogens is 696 g/mol. The molecule has 0 atom stereocenters. The summed E-state index contributed by atoms with van der Waals surface area (Å²) >= 11 is 10.6. The normalized spacial score (nSPS) is 11.4. The Bertz CT molecular complexity index is 1600. The van der Waals surface area contributed by atoms with Gasteiger partial charge in [0.1, 0.15) is 5.82 Å². The van der Waals surface area contributed by atoms with Crippen LogP contribution in [0.15, 0.2) is 77.9 Å². The molecule has 11 heteroatoms. The maximum Gasteiger partial charge on any atom is 0.282 e. The summed E-state index contributed by atoms with van der Waals surface area (Å²) in [6.45, 7) is 5.91. The van der Waals surface area contributed by atoms with Crippen molar-refractivity contribution in [2.45, 2.75) is 26.7 Å². The summed E-state index contributed by atoms with van der Waals surface area (Å²) in [6, 6.07) is 16.3. The van der Waals surface area contributed by atoms with Gasteiger partial charge in [-0.05, 0) is 75.2 Å². The molecule has 0 aliphatic rings. The number of anilines is 1. The molecular formula is C28H25Br3N4O4. The number of ether oxygens (including phenoxy) is 2. The van der Waals surface area contributed by atoms with Gasteiger partial charge in [0.25, 0.3) is 11.5 Å². The maximum atomic E-state index is 13.4. The van der Waals surface area contributed by atoms with Crippen LogP contribution in [0.2, 0.25) is 0 Å². The second-order valence-electron chi connectivity index (χ2n) is 8.70. The molecule has 0 unspecified atom stereocenters. The van der Waals surface area contributed by atoms with Crippen molar-refractivity contribution in [3.05, 3.63) is 89.8 Å². The largest absolute Gasteiger partial charge is 0.490 e. The van der Waals surface area contributed by atoms with Gasteiger partial charge in [0.2, 0.25) is 0 Å². The third-order valence-corrected chi connectivity index (χ3v) is 8.16. The molecule has 0 saturated heterocycles. The number of fused-ring (bicyclic) bond motifs is 1. The number of carbonyl (C=O) groups is 1. The summed E-state index contributed by atoms with van der Waals surface area (Å²) in [6.07, 6.45) is 1.56. The molecule has 0 aliphatic heterocycles. The van der Waals surface area contributed by atoms with Gasteiger partial charge in [-0.3, -0.25) is 9.59 Å². The zero-order chi connectivity index (χ0) is 28.1. The van der Waals surface area contributed by atoms with Crippen LogP contribution in [0.5, 0.6) is 11.5 Å². The Kier molecular flexibility index (Phi) is 9.58. The van der Waals surface area contributed by atoms with Crippen molar-refractivity contribution in [1.29, 1.82) is 0 Å². The van der Waals surface area contributed by atoms with Crippen LogP contribution in [0, 0.1) is 0 Å². The Morgan fingerprint density at radius 3 is 2.51 bits per heavy atom. The van der Waals surface area contributed by atoms with Crippen LogP contribution in [0.1, 0.15) is 38.1 Å². The van der Waals surface area contributed by atoms with Gasteiger partial charge >= 0.3 is 0 Å². The van der Waals surface area contributed by atoms with Crippen molar-refractivity contribution in [3.63, 3.8) is 0 Å². The van der Waals surface area contributed by atoms with E-state index in [-0.39, 0.29) is 24.0 Å². The molecule has 0 fully saturated rings. The highest BCUT2D eigenvalue weighted by atomic mass is 79.9. The predicted octanol–water partition coefficient (Wildman–Crippen LogP) is 7.11. The molecule has 4 rings (SSSR count). The number of carbonyl (C=O) groups excluding carboxylic acids is 1. The predicted molar refractivity (Wildman–Crippen MR) is 164 cm³/mol. The first kappa shape index (κ1) is 29.0. The smallest absolute Gasteiger partial charge is 0.282 e. The molecule has 0 radical (unpaired) electrons. The van der Waals surface area contributed by atoms with E-state index in [1.807, 2.05) is 51.1 Å². The van der Waals surface area contributed by atoms with E-state index in [9.17, 15) is 9.59 Å². The van der Waals surface area contributed by atoms with E-state index < -0.39 is 0 Å². The SMILES string of the molecule is CCOc1cc(C=Nn2c(C(C)C)nc3ccc(Br)cc3c2=O)c(Br)c(Br)c1OCC(=O)Nc1ccccc1. The standard InChI is InChI=1S/C28H25Br3N4O4/c1-4-38-22-12-17(24(30)25(31)26(22)39-15-23(36)33-19-8-6-5-7-9-19)14-32-35-27(16(2)3)34-21-11-10-18(29)13-20(21)28(35)37/h5-14,16H,4,15H2,1-3H3,(H,33,36). The topological polar surface area (TPSA) is 94.8 Å². The fraction of sp³-hybridized carbons (Fsp3) is 0.214. The van der Waals surface area contributed by atoms with Gasteiger partial charge in [0, 0.05) is 26.1 Å². The van der Waals surface area contributed by atoms with Crippen molar-refractivity contribution < 1.29 is 14.3 Å². The first-order valence-electron chi connectivity index (χ1n) is 12.1. The van der Waals surface area contributed by atoms with Crippen molar-refractivity contribution in [2.75, 3.05) is 18.5 Å². The molecule has 39 heavy (non-hydrogen) atoms. The highest BCUT2D eigenvalue weighted by Gasteiger charge is 2.19. The Balaban J connectivity index is 1.67. The highest BCUT2D eigenvalue weighted by molar-refractivity contribution is 9.13. The molecule has 4 aromatic rings. The second-order valence-corrected chi connectivity index (χ2v) is 11.2. The number of rotatable bonds is 9. The molecule has 202 valence electrons. The van der Waals surface area contributed by atoms with Crippen molar-refractivity contribution in [2.24, 2.45) is 5.10 Å². The van der Waals surface area contributed by atoms with Crippen molar-refractivity contribution >= 4 is 76.5 Å². The zero-order valence-electron chi connectivity index (χ0n) is 21.4. The number of para-hydroxylation sites is 1. The molecule has 1 N–H and O–H groups in total. The van der Waals surface area contributed by atoms with E-state index in [4.69, 9.17) is 9.47 Å². The van der Waals surface area contributed by atoms with Gasteiger partial charge in [-0.1, -0.05) is 48.0 Å². The van der Waals surface area contributed by atoms with Crippen LogP contribution in [0.4, 0.5) is 5.69 Å². The number of benzene rings is 3. The summed E-state index contributed by atoms with van der Waals surface area (Å²) in [4.78, 5) is 30.5. The average molecular weight is 721 g/mol. The third kappa shape index (κ3) is 6.77. The van der Waals surface area contributed by atoms with E-state index in [0.717, 1.165) is 4.47 Å². The monoisotopic (exact) mass is 718 g/mol. The molecule has 1 amide bonds. The lowest BCUT2D eigenvalue weighted by Crippen LogP contribution is -2.23. The zero-order valence-corrected chi connectivity index (χ0v) is 26.1. The maximum absolute atomic E-state index is 13.4. The minimum Gasteiger partial charge on any atom is -0.490 e. The molecule has 0 bridgehead atoms. The Labute approximate surface area is 250 Å². The number of hydrogen-bond acceptors (Lipinski definition) is 6. The molecule has 1 aromatic heterocycles. The minimum atomic E-state index is -0.312. The van der Waals surface area contributed by atoms with Crippen LogP contribution in [0.3, 0.4) is 0 Å². The molecule has 1 heterocycles. The van der Waals surface area contributed by atoms with E-state index in [1.54, 1.807) is 30.5 Å². The van der Waals surface area contributed by atoms with Crippen LogP contribution >= 0.6 is 47.8 Å². The summed E-state index contributed by atoms with van der Waals surface area (Å²) in [5.74, 6) is 0.957. The van der Waals surface area contributed by atoms with Crippen LogP contribution < -0.4 is 20.3 Å². The first-order valence-corrected chi connectivity index (χ1v) is 14.5. The summed E-state index contributed by atoms with van der Waals surface area (Å²) in [5.41, 5.74) is 1.64. The van der Waals surface area contributed by atoms with E-state index in [0.29, 0.717) is 55.0 Å². The number of nitrogens with one attached hydrogen (secondary N) is 1. The van der Waals surface area contributed by atoms with E-state index in [1.165, 1.54) is 4.68 Å². The number of nitrogens with zero attached hydrogens (tertiary/aromatic N) is 3. The van der Waals surface area contributed by atoms with Gasteiger partial charge in [-0.15, -0.1) is 0 Å². The first-order chi connectivity index (χ1) is 18.7. The lowest BCUT2D eigenvalue weighted by Gasteiger charge is -2.16. The quantitative estimate of drug-likeness (QED) is 0.186. The Morgan fingerprint density at radius 1 is 1.08 bits per heavy atom. The van der Waals surface area contributed by atoms with Gasteiger partial charge in [0.05, 0.1) is 28.2 Å².